The van der Waals surface area contributed by atoms with Crippen LogP contribution in [0.25, 0.3) is 0 Å². The standard InChI is InChI=1S/C15H30N4/c1-3-13-11-19(10-9-17(13)2)15(12-16)6-8-18-7-4-5-14(15)18/h13-14H,3-12,16H2,1-2H3. The molecule has 0 aromatic carbocycles. The molecular weight excluding hydrogens is 236 g/mol. The van der Waals surface area contributed by atoms with E-state index >= 15 is 0 Å². The summed E-state index contributed by atoms with van der Waals surface area (Å²) < 4.78 is 0. The van der Waals surface area contributed by atoms with Gasteiger partial charge in [0.2, 0.25) is 0 Å². The van der Waals surface area contributed by atoms with Gasteiger partial charge in [0.05, 0.1) is 0 Å². The summed E-state index contributed by atoms with van der Waals surface area (Å²) in [5, 5.41) is 0. The molecule has 3 atom stereocenters. The minimum Gasteiger partial charge on any atom is -0.329 e. The quantitative estimate of drug-likeness (QED) is 0.810. The molecule has 4 nitrogen and oxygen atoms in total. The molecule has 0 spiro atoms. The van der Waals surface area contributed by atoms with Crippen LogP contribution in [0.4, 0.5) is 0 Å². The maximum Gasteiger partial charge on any atom is 0.0499 e. The molecule has 3 saturated heterocycles. The van der Waals surface area contributed by atoms with E-state index in [4.69, 9.17) is 5.73 Å². The Balaban J connectivity index is 1.78. The first kappa shape index (κ1) is 13.8. The Kier molecular flexibility index (Phi) is 3.87. The van der Waals surface area contributed by atoms with Crippen LogP contribution >= 0.6 is 0 Å². The largest absolute Gasteiger partial charge is 0.329 e. The number of hydrogen-bond donors (Lipinski definition) is 1. The topological polar surface area (TPSA) is 35.7 Å². The molecule has 3 fully saturated rings. The Bertz CT molecular complexity index is 321. The Morgan fingerprint density at radius 3 is 2.79 bits per heavy atom. The molecule has 3 rings (SSSR count). The van der Waals surface area contributed by atoms with Gasteiger partial charge in [-0.1, -0.05) is 6.92 Å². The number of piperazine rings is 1. The van der Waals surface area contributed by atoms with Crippen LogP contribution in [-0.2, 0) is 0 Å². The maximum atomic E-state index is 6.30. The Morgan fingerprint density at radius 1 is 1.21 bits per heavy atom. The minimum absolute atomic E-state index is 0.283. The maximum absolute atomic E-state index is 6.30. The summed E-state index contributed by atoms with van der Waals surface area (Å²) in [5.74, 6) is 0. The number of rotatable bonds is 3. The zero-order valence-corrected chi connectivity index (χ0v) is 12.6. The molecule has 4 heteroatoms. The number of likely N-dealkylation sites (N-methyl/N-ethyl adjacent to an activating group) is 1. The van der Waals surface area contributed by atoms with Gasteiger partial charge in [0.15, 0.2) is 0 Å². The summed E-state index contributed by atoms with van der Waals surface area (Å²) >= 11 is 0. The molecule has 0 aromatic rings. The van der Waals surface area contributed by atoms with Crippen LogP contribution in [0.15, 0.2) is 0 Å². The van der Waals surface area contributed by atoms with Crippen molar-refractivity contribution in [3.8, 4) is 0 Å². The minimum atomic E-state index is 0.283. The summed E-state index contributed by atoms with van der Waals surface area (Å²) in [6, 6.07) is 1.45. The van der Waals surface area contributed by atoms with Crippen molar-refractivity contribution in [1.29, 1.82) is 0 Å². The summed E-state index contributed by atoms with van der Waals surface area (Å²) in [5.41, 5.74) is 6.58. The van der Waals surface area contributed by atoms with Gasteiger partial charge in [0.25, 0.3) is 0 Å². The van der Waals surface area contributed by atoms with Crippen molar-refractivity contribution in [2.45, 2.75) is 50.2 Å². The second kappa shape index (κ2) is 5.32. The van der Waals surface area contributed by atoms with E-state index in [-0.39, 0.29) is 5.54 Å². The van der Waals surface area contributed by atoms with E-state index in [2.05, 4.69) is 28.7 Å². The van der Waals surface area contributed by atoms with Gasteiger partial charge < -0.3 is 10.6 Å². The second-order valence-corrected chi connectivity index (χ2v) is 6.74. The van der Waals surface area contributed by atoms with Gasteiger partial charge in [-0.2, -0.15) is 0 Å². The lowest BCUT2D eigenvalue weighted by Crippen LogP contribution is -2.66. The highest BCUT2D eigenvalue weighted by Gasteiger charge is 2.52. The van der Waals surface area contributed by atoms with E-state index in [0.717, 1.165) is 12.6 Å². The van der Waals surface area contributed by atoms with Gasteiger partial charge in [-0.3, -0.25) is 9.80 Å². The Hall–Kier alpha value is -0.160. The van der Waals surface area contributed by atoms with Gasteiger partial charge in [0, 0.05) is 50.3 Å². The molecule has 3 unspecified atom stereocenters. The predicted molar refractivity (Wildman–Crippen MR) is 79.3 cm³/mol. The number of fused-ring (bicyclic) bond motifs is 1. The van der Waals surface area contributed by atoms with Crippen LogP contribution < -0.4 is 5.73 Å². The average Bonchev–Trinajstić information content (AvgIpc) is 3.01. The normalized spacial score (nSPS) is 41.8. The van der Waals surface area contributed by atoms with Crippen molar-refractivity contribution in [2.75, 3.05) is 46.3 Å². The predicted octanol–water partition coefficient (Wildman–Crippen LogP) is 0.578. The third-order valence-corrected chi connectivity index (χ3v) is 6.05. The van der Waals surface area contributed by atoms with E-state index in [0.29, 0.717) is 6.04 Å². The molecule has 110 valence electrons. The lowest BCUT2D eigenvalue weighted by atomic mass is 9.85. The summed E-state index contributed by atoms with van der Waals surface area (Å²) in [6.07, 6.45) is 5.27. The van der Waals surface area contributed by atoms with Gasteiger partial charge in [-0.25, -0.2) is 0 Å². The van der Waals surface area contributed by atoms with Crippen molar-refractivity contribution < 1.29 is 0 Å². The Morgan fingerprint density at radius 2 is 2.05 bits per heavy atom. The molecule has 2 N–H and O–H groups in total. The van der Waals surface area contributed by atoms with Gasteiger partial charge >= 0.3 is 0 Å². The summed E-state index contributed by atoms with van der Waals surface area (Å²) in [6.45, 7) is 9.35. The lowest BCUT2D eigenvalue weighted by molar-refractivity contribution is -0.00180. The summed E-state index contributed by atoms with van der Waals surface area (Å²) in [4.78, 5) is 7.99. The molecule has 0 saturated carbocycles. The van der Waals surface area contributed by atoms with Crippen molar-refractivity contribution in [3.63, 3.8) is 0 Å². The smallest absolute Gasteiger partial charge is 0.0499 e. The second-order valence-electron chi connectivity index (χ2n) is 6.74. The number of hydrogen-bond acceptors (Lipinski definition) is 4. The number of nitrogens with two attached hydrogens (primary N) is 1. The zero-order valence-electron chi connectivity index (χ0n) is 12.6. The highest BCUT2D eigenvalue weighted by molar-refractivity contribution is 5.10. The van der Waals surface area contributed by atoms with Crippen LogP contribution in [0.2, 0.25) is 0 Å². The van der Waals surface area contributed by atoms with Crippen LogP contribution in [0.1, 0.15) is 32.6 Å². The van der Waals surface area contributed by atoms with Crippen LogP contribution in [-0.4, -0.2) is 78.6 Å². The molecule has 0 amide bonds. The van der Waals surface area contributed by atoms with E-state index in [1.165, 1.54) is 58.4 Å². The Labute approximate surface area is 117 Å². The lowest BCUT2D eigenvalue weighted by Gasteiger charge is -2.50. The number of nitrogens with zero attached hydrogens (tertiary/aromatic N) is 3. The molecule has 0 bridgehead atoms. The van der Waals surface area contributed by atoms with Gasteiger partial charge in [-0.15, -0.1) is 0 Å². The highest BCUT2D eigenvalue weighted by Crippen LogP contribution is 2.40. The van der Waals surface area contributed by atoms with Crippen molar-refractivity contribution >= 4 is 0 Å². The first-order valence-electron chi connectivity index (χ1n) is 8.10. The van der Waals surface area contributed by atoms with E-state index in [1.54, 1.807) is 0 Å². The zero-order chi connectivity index (χ0) is 13.5. The van der Waals surface area contributed by atoms with E-state index in [9.17, 15) is 0 Å². The van der Waals surface area contributed by atoms with Gasteiger partial charge in [0.1, 0.15) is 0 Å². The molecule has 3 aliphatic rings. The fraction of sp³-hybridized carbons (Fsp3) is 1.00. The van der Waals surface area contributed by atoms with Crippen molar-refractivity contribution in [3.05, 3.63) is 0 Å². The first-order chi connectivity index (χ1) is 9.21. The monoisotopic (exact) mass is 266 g/mol. The van der Waals surface area contributed by atoms with E-state index < -0.39 is 0 Å². The molecule has 0 aliphatic carbocycles. The summed E-state index contributed by atoms with van der Waals surface area (Å²) in [7, 11) is 2.27. The molecule has 3 aliphatic heterocycles. The molecule has 0 aromatic heterocycles. The third-order valence-electron chi connectivity index (χ3n) is 6.05. The van der Waals surface area contributed by atoms with Gasteiger partial charge in [-0.05, 0) is 39.3 Å². The van der Waals surface area contributed by atoms with Crippen molar-refractivity contribution in [2.24, 2.45) is 5.73 Å². The van der Waals surface area contributed by atoms with E-state index in [1.807, 2.05) is 0 Å². The van der Waals surface area contributed by atoms with Crippen LogP contribution in [0.3, 0.4) is 0 Å². The third kappa shape index (κ3) is 2.13. The fourth-order valence-electron chi connectivity index (χ4n) is 4.73. The van der Waals surface area contributed by atoms with Crippen LogP contribution in [0, 0.1) is 0 Å². The first-order valence-corrected chi connectivity index (χ1v) is 8.10. The fourth-order valence-corrected chi connectivity index (χ4v) is 4.73. The molecule has 0 radical (unpaired) electrons. The SMILES string of the molecule is CCC1CN(C2(CN)CCN3CCCC32)CCN1C. The molecule has 3 heterocycles. The average molecular weight is 266 g/mol. The van der Waals surface area contributed by atoms with Crippen molar-refractivity contribution in [1.82, 2.24) is 14.7 Å². The molecule has 19 heavy (non-hydrogen) atoms. The molecular formula is C15H30N4. The van der Waals surface area contributed by atoms with Crippen LogP contribution in [0.5, 0.6) is 0 Å². The highest BCUT2D eigenvalue weighted by atomic mass is 15.4.